The Morgan fingerprint density at radius 3 is 1.56 bits per heavy atom. The molecule has 10 nitrogen and oxygen atoms in total. The largest absolute Gasteiger partial charge is 0.491 e. The maximum Gasteiger partial charge on any atom is 0.273 e. The van der Waals surface area contributed by atoms with Gasteiger partial charge in [0.1, 0.15) is 11.5 Å². The van der Waals surface area contributed by atoms with Crippen LogP contribution in [0.15, 0.2) is 36.4 Å². The van der Waals surface area contributed by atoms with Gasteiger partial charge in [0, 0.05) is 18.6 Å². The molecule has 0 unspecified atom stereocenters. The van der Waals surface area contributed by atoms with E-state index in [0.29, 0.717) is 6.42 Å². The summed E-state index contributed by atoms with van der Waals surface area (Å²) in [5, 5.41) is 21.5. The minimum absolute atomic E-state index is 0.121. The maximum atomic E-state index is 10.7. The fourth-order valence-corrected chi connectivity index (χ4v) is 1.95. The monoisotopic (exact) mass is 348 g/mol. The van der Waals surface area contributed by atoms with E-state index in [1.54, 1.807) is 0 Å². The summed E-state index contributed by atoms with van der Waals surface area (Å²) >= 11 is 0. The minimum Gasteiger partial charge on any atom is -0.491 e. The second-order valence-electron chi connectivity index (χ2n) is 5.01. The van der Waals surface area contributed by atoms with Crippen LogP contribution >= 0.6 is 0 Å². The highest BCUT2D eigenvalue weighted by Crippen LogP contribution is 2.28. The lowest BCUT2D eigenvalue weighted by Crippen LogP contribution is -2.07. The number of ether oxygens (including phenoxy) is 2. The molecule has 132 valence electrons. The number of nitrogens with zero attached hydrogens (tertiary/aromatic N) is 2. The highest BCUT2D eigenvalue weighted by Gasteiger charge is 2.11. The van der Waals surface area contributed by atoms with Gasteiger partial charge in [-0.1, -0.05) is 0 Å². The highest BCUT2D eigenvalue weighted by atomic mass is 16.6. The van der Waals surface area contributed by atoms with Crippen molar-refractivity contribution < 1.29 is 19.3 Å². The second-order valence-corrected chi connectivity index (χ2v) is 5.01. The predicted octanol–water partition coefficient (Wildman–Crippen LogP) is 2.52. The van der Waals surface area contributed by atoms with Crippen LogP contribution in [0.4, 0.5) is 22.7 Å². The van der Waals surface area contributed by atoms with E-state index in [1.165, 1.54) is 36.4 Å². The molecule has 0 aliphatic carbocycles. The third kappa shape index (κ3) is 4.70. The second kappa shape index (κ2) is 7.81. The number of benzene rings is 2. The Kier molecular flexibility index (Phi) is 5.56. The standard InChI is InChI=1S/C15H16N4O6/c16-12-4-2-10(18(20)21)8-14(12)24-6-1-7-25-15-9-11(19(22)23)3-5-13(15)17/h2-5,8-9H,1,6-7,16-17H2. The normalized spacial score (nSPS) is 10.2. The summed E-state index contributed by atoms with van der Waals surface area (Å²) in [6, 6.07) is 7.86. The van der Waals surface area contributed by atoms with E-state index in [1.807, 2.05) is 0 Å². The molecule has 0 atom stereocenters. The van der Waals surface area contributed by atoms with Gasteiger partial charge >= 0.3 is 0 Å². The van der Waals surface area contributed by atoms with Crippen LogP contribution in [0, 0.1) is 20.2 Å². The van der Waals surface area contributed by atoms with Crippen molar-refractivity contribution in [2.45, 2.75) is 6.42 Å². The van der Waals surface area contributed by atoms with Crippen molar-refractivity contribution in [3.8, 4) is 11.5 Å². The van der Waals surface area contributed by atoms with Gasteiger partial charge in [0.25, 0.3) is 11.4 Å². The molecule has 0 saturated carbocycles. The summed E-state index contributed by atoms with van der Waals surface area (Å²) in [5.74, 6) is 0.424. The number of hydrogen-bond acceptors (Lipinski definition) is 8. The van der Waals surface area contributed by atoms with Crippen molar-refractivity contribution in [3.05, 3.63) is 56.6 Å². The van der Waals surface area contributed by atoms with E-state index in [9.17, 15) is 20.2 Å². The fraction of sp³-hybridized carbons (Fsp3) is 0.200. The van der Waals surface area contributed by atoms with Crippen LogP contribution in [-0.2, 0) is 0 Å². The van der Waals surface area contributed by atoms with Crippen LogP contribution in [0.3, 0.4) is 0 Å². The molecule has 0 heterocycles. The van der Waals surface area contributed by atoms with Crippen LogP contribution in [0.25, 0.3) is 0 Å². The molecule has 2 aromatic rings. The molecule has 2 rings (SSSR count). The van der Waals surface area contributed by atoms with E-state index >= 15 is 0 Å². The number of nitro groups is 2. The maximum absolute atomic E-state index is 10.7. The van der Waals surface area contributed by atoms with Gasteiger partial charge in [0.05, 0.1) is 46.6 Å². The number of rotatable bonds is 8. The van der Waals surface area contributed by atoms with Gasteiger partial charge in [-0.25, -0.2) is 0 Å². The van der Waals surface area contributed by atoms with Crippen LogP contribution in [0.2, 0.25) is 0 Å². The van der Waals surface area contributed by atoms with Crippen molar-refractivity contribution >= 4 is 22.7 Å². The molecule has 0 aliphatic rings. The van der Waals surface area contributed by atoms with Gasteiger partial charge in [0.15, 0.2) is 0 Å². The van der Waals surface area contributed by atoms with Crippen LogP contribution in [-0.4, -0.2) is 23.1 Å². The average molecular weight is 348 g/mol. The Labute approximate surface area is 142 Å². The van der Waals surface area contributed by atoms with Crippen molar-refractivity contribution in [2.24, 2.45) is 0 Å². The van der Waals surface area contributed by atoms with E-state index in [4.69, 9.17) is 20.9 Å². The predicted molar refractivity (Wildman–Crippen MR) is 90.6 cm³/mol. The summed E-state index contributed by atoms with van der Waals surface area (Å²) in [6.45, 7) is 0.389. The zero-order chi connectivity index (χ0) is 18.4. The van der Waals surface area contributed by atoms with E-state index < -0.39 is 9.85 Å². The van der Waals surface area contributed by atoms with Crippen molar-refractivity contribution in [1.29, 1.82) is 0 Å². The zero-order valence-corrected chi connectivity index (χ0v) is 13.1. The number of hydrogen-bond donors (Lipinski definition) is 2. The van der Waals surface area contributed by atoms with Gasteiger partial charge in [-0.2, -0.15) is 0 Å². The molecule has 0 spiro atoms. The first kappa shape index (κ1) is 17.8. The first-order chi connectivity index (χ1) is 11.9. The molecule has 2 aromatic carbocycles. The van der Waals surface area contributed by atoms with E-state index in [0.717, 1.165) is 0 Å². The van der Waals surface area contributed by atoms with Crippen molar-refractivity contribution in [3.63, 3.8) is 0 Å². The molecular formula is C15H16N4O6. The van der Waals surface area contributed by atoms with Crippen LogP contribution < -0.4 is 20.9 Å². The number of nitrogens with two attached hydrogens (primary N) is 2. The van der Waals surface area contributed by atoms with E-state index in [-0.39, 0.29) is 47.5 Å². The zero-order valence-electron chi connectivity index (χ0n) is 13.1. The highest BCUT2D eigenvalue weighted by molar-refractivity contribution is 5.58. The number of nitro benzene ring substituents is 2. The molecule has 10 heteroatoms. The van der Waals surface area contributed by atoms with Crippen molar-refractivity contribution in [1.82, 2.24) is 0 Å². The topological polar surface area (TPSA) is 157 Å². The molecule has 0 saturated heterocycles. The summed E-state index contributed by atoms with van der Waals surface area (Å²) in [7, 11) is 0. The van der Waals surface area contributed by atoms with Gasteiger partial charge in [-0.15, -0.1) is 0 Å². The molecule has 0 fully saturated rings. The summed E-state index contributed by atoms with van der Waals surface area (Å²) in [4.78, 5) is 20.4. The Hall–Kier alpha value is -3.56. The lowest BCUT2D eigenvalue weighted by atomic mass is 10.2. The summed E-state index contributed by atoms with van der Waals surface area (Å²) in [5.41, 5.74) is 11.7. The number of non-ortho nitro benzene ring substituents is 2. The number of nitrogen functional groups attached to an aromatic ring is 2. The molecule has 0 radical (unpaired) electrons. The third-order valence-corrected chi connectivity index (χ3v) is 3.22. The Balaban J connectivity index is 1.86. The van der Waals surface area contributed by atoms with Crippen molar-refractivity contribution in [2.75, 3.05) is 24.7 Å². The molecule has 4 N–H and O–H groups in total. The lowest BCUT2D eigenvalue weighted by Gasteiger charge is -2.10. The molecule has 0 aliphatic heterocycles. The molecule has 0 aromatic heterocycles. The van der Waals surface area contributed by atoms with E-state index in [2.05, 4.69) is 0 Å². The fourth-order valence-electron chi connectivity index (χ4n) is 1.95. The van der Waals surface area contributed by atoms with Crippen LogP contribution in [0.5, 0.6) is 11.5 Å². The molecule has 25 heavy (non-hydrogen) atoms. The smallest absolute Gasteiger partial charge is 0.273 e. The first-order valence-corrected chi connectivity index (χ1v) is 7.22. The summed E-state index contributed by atoms with van der Waals surface area (Å²) < 4.78 is 10.8. The van der Waals surface area contributed by atoms with Gasteiger partial charge < -0.3 is 20.9 Å². The molecule has 0 amide bonds. The minimum atomic E-state index is -0.541. The quantitative estimate of drug-likeness (QED) is 0.319. The SMILES string of the molecule is Nc1ccc([N+](=O)[O-])cc1OCCCOc1cc([N+](=O)[O-])ccc1N. The van der Waals surface area contributed by atoms with Gasteiger partial charge in [0.2, 0.25) is 0 Å². The first-order valence-electron chi connectivity index (χ1n) is 7.22. The van der Waals surface area contributed by atoms with Crippen LogP contribution in [0.1, 0.15) is 6.42 Å². The average Bonchev–Trinajstić information content (AvgIpc) is 2.57. The Morgan fingerprint density at radius 2 is 1.20 bits per heavy atom. The molecular weight excluding hydrogens is 332 g/mol. The van der Waals surface area contributed by atoms with Gasteiger partial charge in [-0.3, -0.25) is 20.2 Å². The molecule has 0 bridgehead atoms. The Bertz CT molecular complexity index is 730. The Morgan fingerprint density at radius 1 is 0.800 bits per heavy atom. The number of anilines is 2. The lowest BCUT2D eigenvalue weighted by molar-refractivity contribution is -0.385. The van der Waals surface area contributed by atoms with Gasteiger partial charge in [-0.05, 0) is 12.1 Å². The summed E-state index contributed by atoms with van der Waals surface area (Å²) in [6.07, 6.45) is 0.421. The third-order valence-electron chi connectivity index (χ3n) is 3.22.